The topological polar surface area (TPSA) is 86.5 Å². The fourth-order valence-corrected chi connectivity index (χ4v) is 4.86. The number of thioether (sulfide) groups is 1. The number of nitrogens with zero attached hydrogens (tertiary/aromatic N) is 1. The molecule has 1 heterocycles. The van der Waals surface area contributed by atoms with Crippen molar-refractivity contribution >= 4 is 17.5 Å². The van der Waals surface area contributed by atoms with Crippen LogP contribution < -0.4 is 20.1 Å². The van der Waals surface area contributed by atoms with Crippen molar-refractivity contribution in [2.24, 2.45) is 0 Å². The molecule has 0 bridgehead atoms. The largest absolute Gasteiger partial charge is 0.493 e. The van der Waals surface area contributed by atoms with Crippen molar-refractivity contribution in [3.63, 3.8) is 0 Å². The third kappa shape index (κ3) is 5.59. The van der Waals surface area contributed by atoms with Crippen LogP contribution in [0.4, 0.5) is 0 Å². The van der Waals surface area contributed by atoms with Crippen LogP contribution >= 0.6 is 11.8 Å². The van der Waals surface area contributed by atoms with Crippen molar-refractivity contribution in [1.82, 2.24) is 10.6 Å². The molecule has 1 aromatic carbocycles. The molecular formula is C22H31N3O3S. The summed E-state index contributed by atoms with van der Waals surface area (Å²) in [7, 11) is 3.24. The first-order valence-corrected chi connectivity index (χ1v) is 11.3. The maximum atomic E-state index is 10.4. The lowest BCUT2D eigenvalue weighted by atomic mass is 9.95. The zero-order valence-electron chi connectivity index (χ0n) is 17.3. The molecule has 6 nitrogen and oxygen atoms in total. The standard InChI is InChI=1S/C22H31N3O3S/c1-27-19-10-15-8-9-24-22(18(15)11-20(19)28-2)21(12-23)29-14-17(26)13-25-16-6-4-3-5-7-16/h10-11,16-17,24-26H,3-9,13-14H2,1-2H3. The van der Waals surface area contributed by atoms with Crippen LogP contribution in [0.25, 0.3) is 5.70 Å². The van der Waals surface area contributed by atoms with E-state index in [1.807, 2.05) is 12.1 Å². The van der Waals surface area contributed by atoms with Gasteiger partial charge in [0.25, 0.3) is 0 Å². The van der Waals surface area contributed by atoms with E-state index in [-0.39, 0.29) is 0 Å². The van der Waals surface area contributed by atoms with Gasteiger partial charge in [0.1, 0.15) is 11.0 Å². The molecule has 0 aromatic heterocycles. The average molecular weight is 418 g/mol. The highest BCUT2D eigenvalue weighted by molar-refractivity contribution is 8.03. The summed E-state index contributed by atoms with van der Waals surface area (Å²) in [6, 6.07) is 6.74. The minimum absolute atomic E-state index is 0.483. The molecule has 1 atom stereocenters. The molecule has 0 saturated heterocycles. The number of hydrogen-bond acceptors (Lipinski definition) is 7. The number of benzene rings is 1. The van der Waals surface area contributed by atoms with Gasteiger partial charge in [-0.2, -0.15) is 5.26 Å². The first-order valence-electron chi connectivity index (χ1n) is 10.3. The van der Waals surface area contributed by atoms with E-state index in [0.29, 0.717) is 34.7 Å². The Balaban J connectivity index is 1.68. The molecule has 1 aromatic rings. The van der Waals surface area contributed by atoms with Gasteiger partial charge in [0.15, 0.2) is 11.5 Å². The number of aliphatic hydroxyl groups excluding tert-OH is 1. The van der Waals surface area contributed by atoms with Gasteiger partial charge < -0.3 is 25.2 Å². The fraction of sp³-hybridized carbons (Fsp3) is 0.591. The molecule has 0 spiro atoms. The van der Waals surface area contributed by atoms with E-state index in [2.05, 4.69) is 16.7 Å². The molecule has 29 heavy (non-hydrogen) atoms. The van der Waals surface area contributed by atoms with Crippen LogP contribution in [0.1, 0.15) is 43.2 Å². The Morgan fingerprint density at radius 1 is 1.28 bits per heavy atom. The average Bonchev–Trinajstić information content (AvgIpc) is 2.77. The zero-order valence-corrected chi connectivity index (χ0v) is 18.1. The summed E-state index contributed by atoms with van der Waals surface area (Å²) in [5, 5.41) is 27.0. The van der Waals surface area contributed by atoms with Crippen LogP contribution in [-0.4, -0.2) is 50.3 Å². The lowest BCUT2D eigenvalue weighted by Crippen LogP contribution is -2.37. The molecule has 0 amide bonds. The molecule has 7 heteroatoms. The molecular weight excluding hydrogens is 386 g/mol. The summed E-state index contributed by atoms with van der Waals surface area (Å²) in [6.07, 6.45) is 6.62. The Labute approximate surface area is 177 Å². The normalized spacial score (nSPS) is 19.5. The second-order valence-corrected chi connectivity index (χ2v) is 8.60. The third-order valence-corrected chi connectivity index (χ3v) is 6.71. The van der Waals surface area contributed by atoms with Crippen molar-refractivity contribution in [1.29, 1.82) is 5.26 Å². The Morgan fingerprint density at radius 3 is 2.69 bits per heavy atom. The molecule has 3 N–H and O–H groups in total. The molecule has 1 unspecified atom stereocenters. The van der Waals surface area contributed by atoms with Gasteiger partial charge in [-0.25, -0.2) is 0 Å². The second-order valence-electron chi connectivity index (χ2n) is 7.57. The molecule has 1 saturated carbocycles. The lowest BCUT2D eigenvalue weighted by molar-refractivity contribution is 0.185. The number of aliphatic hydroxyl groups is 1. The predicted molar refractivity (Wildman–Crippen MR) is 117 cm³/mol. The van der Waals surface area contributed by atoms with Crippen molar-refractivity contribution < 1.29 is 14.6 Å². The van der Waals surface area contributed by atoms with Crippen molar-refractivity contribution in [2.45, 2.75) is 50.7 Å². The molecule has 3 rings (SSSR count). The van der Waals surface area contributed by atoms with Gasteiger partial charge in [-0.15, -0.1) is 11.8 Å². The van der Waals surface area contributed by atoms with E-state index in [1.54, 1.807) is 14.2 Å². The summed E-state index contributed by atoms with van der Waals surface area (Å²) in [6.45, 7) is 1.33. The minimum Gasteiger partial charge on any atom is -0.493 e. The Bertz CT molecular complexity index is 769. The molecule has 1 aliphatic heterocycles. The summed E-state index contributed by atoms with van der Waals surface area (Å²) >= 11 is 1.40. The Kier molecular flexibility index (Phi) is 8.10. The van der Waals surface area contributed by atoms with E-state index in [9.17, 15) is 10.4 Å². The monoisotopic (exact) mass is 417 g/mol. The highest BCUT2D eigenvalue weighted by Crippen LogP contribution is 2.37. The van der Waals surface area contributed by atoms with Gasteiger partial charge in [-0.05, 0) is 37.0 Å². The highest BCUT2D eigenvalue weighted by atomic mass is 32.2. The van der Waals surface area contributed by atoms with Crippen LogP contribution in [-0.2, 0) is 6.42 Å². The summed E-state index contributed by atoms with van der Waals surface area (Å²) < 4.78 is 10.8. The number of methoxy groups -OCH3 is 2. The molecule has 158 valence electrons. The molecule has 1 aliphatic carbocycles. The van der Waals surface area contributed by atoms with Gasteiger partial charge >= 0.3 is 0 Å². The SMILES string of the molecule is COc1cc2c(cc1OC)C(=C(C#N)SCC(O)CNC1CCCCC1)NCC2. The van der Waals surface area contributed by atoms with Crippen LogP contribution in [0.15, 0.2) is 17.0 Å². The van der Waals surface area contributed by atoms with E-state index in [0.717, 1.165) is 29.8 Å². The van der Waals surface area contributed by atoms with Gasteiger partial charge in [0.05, 0.1) is 26.0 Å². The first kappa shape index (κ1) is 21.8. The summed E-state index contributed by atoms with van der Waals surface area (Å²) in [5.41, 5.74) is 2.91. The quantitative estimate of drug-likeness (QED) is 0.561. The van der Waals surface area contributed by atoms with E-state index >= 15 is 0 Å². The minimum atomic E-state index is -0.487. The maximum absolute atomic E-state index is 10.4. The fourth-order valence-electron chi connectivity index (χ4n) is 3.99. The Hall–Kier alpha value is -1.88. The number of rotatable bonds is 8. The molecule has 1 fully saturated rings. The van der Waals surface area contributed by atoms with Crippen molar-refractivity contribution in [3.05, 3.63) is 28.2 Å². The number of hydrogen-bond donors (Lipinski definition) is 3. The van der Waals surface area contributed by atoms with Crippen LogP contribution in [0.5, 0.6) is 11.5 Å². The van der Waals surface area contributed by atoms with Gasteiger partial charge in [-0.3, -0.25) is 0 Å². The van der Waals surface area contributed by atoms with Gasteiger partial charge in [0, 0.05) is 30.4 Å². The first-order chi connectivity index (χ1) is 14.2. The molecule has 2 aliphatic rings. The molecule has 0 radical (unpaired) electrons. The zero-order chi connectivity index (χ0) is 20.6. The summed E-state index contributed by atoms with van der Waals surface area (Å²) in [4.78, 5) is 0.592. The number of allylic oxidation sites excluding steroid dienone is 1. The third-order valence-electron chi connectivity index (χ3n) is 5.57. The van der Waals surface area contributed by atoms with Crippen molar-refractivity contribution in [3.8, 4) is 17.6 Å². The van der Waals surface area contributed by atoms with Crippen LogP contribution in [0.3, 0.4) is 0 Å². The Morgan fingerprint density at radius 2 is 2.00 bits per heavy atom. The van der Waals surface area contributed by atoms with Gasteiger partial charge in [0.2, 0.25) is 0 Å². The maximum Gasteiger partial charge on any atom is 0.161 e. The second kappa shape index (κ2) is 10.8. The summed E-state index contributed by atoms with van der Waals surface area (Å²) in [5.74, 6) is 1.82. The number of ether oxygens (including phenoxy) is 2. The van der Waals surface area contributed by atoms with Crippen LogP contribution in [0.2, 0.25) is 0 Å². The number of fused-ring (bicyclic) bond motifs is 1. The van der Waals surface area contributed by atoms with E-state index < -0.39 is 6.10 Å². The smallest absolute Gasteiger partial charge is 0.161 e. The van der Waals surface area contributed by atoms with Crippen molar-refractivity contribution in [2.75, 3.05) is 33.1 Å². The number of nitrogens with one attached hydrogen (secondary N) is 2. The lowest BCUT2D eigenvalue weighted by Gasteiger charge is -2.25. The van der Waals surface area contributed by atoms with E-state index in [4.69, 9.17) is 9.47 Å². The van der Waals surface area contributed by atoms with Crippen LogP contribution in [0, 0.1) is 11.3 Å². The predicted octanol–water partition coefficient (Wildman–Crippen LogP) is 3.06. The van der Waals surface area contributed by atoms with Gasteiger partial charge in [-0.1, -0.05) is 19.3 Å². The van der Waals surface area contributed by atoms with E-state index in [1.165, 1.54) is 43.9 Å². The highest BCUT2D eigenvalue weighted by Gasteiger charge is 2.22. The number of nitriles is 1.